The van der Waals surface area contributed by atoms with E-state index in [0.717, 1.165) is 12.8 Å². The summed E-state index contributed by atoms with van der Waals surface area (Å²) in [7, 11) is 0. The summed E-state index contributed by atoms with van der Waals surface area (Å²) >= 11 is 0. The van der Waals surface area contributed by atoms with Crippen molar-refractivity contribution in [3.05, 3.63) is 0 Å². The van der Waals surface area contributed by atoms with E-state index in [4.69, 9.17) is 0 Å². The molecule has 0 radical (unpaired) electrons. The van der Waals surface area contributed by atoms with Crippen molar-refractivity contribution in [3.8, 4) is 0 Å². The Morgan fingerprint density at radius 1 is 1.06 bits per heavy atom. The van der Waals surface area contributed by atoms with E-state index in [9.17, 15) is 14.7 Å². The number of rotatable bonds is 7. The van der Waals surface area contributed by atoms with Crippen molar-refractivity contribution >= 4 is 12.0 Å². The molecule has 0 bridgehead atoms. The van der Waals surface area contributed by atoms with Crippen LogP contribution in [0.3, 0.4) is 0 Å². The Bertz CT molecular complexity index is 284. The highest BCUT2D eigenvalue weighted by Gasteiger charge is 2.38. The number of hydrogen-bond acceptors (Lipinski definition) is 2. The van der Waals surface area contributed by atoms with Gasteiger partial charge in [-0.05, 0) is 33.6 Å². The minimum absolute atomic E-state index is 0.186. The fourth-order valence-electron chi connectivity index (χ4n) is 1.90. The minimum atomic E-state index is -1.18. The molecule has 0 unspecified atom stereocenters. The lowest BCUT2D eigenvalue weighted by molar-refractivity contribution is -0.147. The molecule has 0 atom stereocenters. The van der Waals surface area contributed by atoms with E-state index in [-0.39, 0.29) is 6.03 Å². The first kappa shape index (κ1) is 16.7. The van der Waals surface area contributed by atoms with Crippen molar-refractivity contribution in [2.24, 2.45) is 0 Å². The van der Waals surface area contributed by atoms with Crippen LogP contribution in [0, 0.1) is 0 Å². The van der Waals surface area contributed by atoms with Gasteiger partial charge in [0.25, 0.3) is 0 Å². The van der Waals surface area contributed by atoms with Crippen molar-refractivity contribution in [2.75, 3.05) is 19.6 Å². The van der Waals surface area contributed by atoms with Gasteiger partial charge in [0.2, 0.25) is 0 Å². The lowest BCUT2D eigenvalue weighted by Crippen LogP contribution is -2.57. The Morgan fingerprint density at radius 2 is 1.50 bits per heavy atom. The van der Waals surface area contributed by atoms with E-state index < -0.39 is 11.5 Å². The molecule has 0 saturated carbocycles. The maximum absolute atomic E-state index is 12.4. The van der Waals surface area contributed by atoms with Crippen LogP contribution >= 0.6 is 0 Å². The zero-order chi connectivity index (χ0) is 14.3. The minimum Gasteiger partial charge on any atom is -0.480 e. The number of carboxylic acid groups (broad SMARTS) is 1. The Hall–Kier alpha value is -1.26. The van der Waals surface area contributed by atoms with Crippen molar-refractivity contribution in [1.29, 1.82) is 0 Å². The predicted molar refractivity (Wildman–Crippen MR) is 71.6 cm³/mol. The summed E-state index contributed by atoms with van der Waals surface area (Å²) in [5.41, 5.74) is -1.18. The van der Waals surface area contributed by atoms with Gasteiger partial charge in [0.1, 0.15) is 5.54 Å². The number of carboxylic acids is 1. The highest BCUT2D eigenvalue weighted by Crippen LogP contribution is 2.17. The molecule has 5 nitrogen and oxygen atoms in total. The van der Waals surface area contributed by atoms with Crippen LogP contribution in [0.15, 0.2) is 0 Å². The van der Waals surface area contributed by atoms with Gasteiger partial charge in [-0.3, -0.25) is 0 Å². The molecule has 0 aliphatic carbocycles. The summed E-state index contributed by atoms with van der Waals surface area (Å²) in [5.74, 6) is -0.981. The summed E-state index contributed by atoms with van der Waals surface area (Å²) in [6, 6.07) is -0.186. The molecule has 1 N–H and O–H groups in total. The molecular weight excluding hydrogens is 232 g/mol. The maximum Gasteiger partial charge on any atom is 0.329 e. The number of urea groups is 1. The van der Waals surface area contributed by atoms with Crippen molar-refractivity contribution in [1.82, 2.24) is 9.80 Å². The second-order valence-electron chi connectivity index (χ2n) is 4.88. The lowest BCUT2D eigenvalue weighted by atomic mass is 10.0. The monoisotopic (exact) mass is 258 g/mol. The zero-order valence-electron chi connectivity index (χ0n) is 12.2. The van der Waals surface area contributed by atoms with Crippen LogP contribution in [-0.4, -0.2) is 52.1 Å². The van der Waals surface area contributed by atoms with Crippen molar-refractivity contribution < 1.29 is 14.7 Å². The van der Waals surface area contributed by atoms with Crippen LogP contribution in [0.25, 0.3) is 0 Å². The van der Waals surface area contributed by atoms with Gasteiger partial charge >= 0.3 is 12.0 Å². The first-order valence-electron chi connectivity index (χ1n) is 6.62. The average Bonchev–Trinajstić information content (AvgIpc) is 2.28. The van der Waals surface area contributed by atoms with Gasteiger partial charge in [-0.1, -0.05) is 13.8 Å². The number of carbonyl (C=O) groups is 2. The van der Waals surface area contributed by atoms with Crippen LogP contribution in [0.2, 0.25) is 0 Å². The summed E-state index contributed by atoms with van der Waals surface area (Å²) in [5, 5.41) is 9.22. The second-order valence-corrected chi connectivity index (χ2v) is 4.88. The maximum atomic E-state index is 12.4. The van der Waals surface area contributed by atoms with Gasteiger partial charge in [0.15, 0.2) is 0 Å². The summed E-state index contributed by atoms with van der Waals surface area (Å²) < 4.78 is 0. The van der Waals surface area contributed by atoms with Crippen molar-refractivity contribution in [3.63, 3.8) is 0 Å². The Morgan fingerprint density at radius 3 is 1.78 bits per heavy atom. The molecule has 0 rings (SSSR count). The number of amides is 2. The summed E-state index contributed by atoms with van der Waals surface area (Å²) in [4.78, 5) is 26.8. The molecule has 18 heavy (non-hydrogen) atoms. The predicted octanol–water partition coefficient (Wildman–Crippen LogP) is 2.41. The van der Waals surface area contributed by atoms with E-state index in [1.54, 1.807) is 25.7 Å². The van der Waals surface area contributed by atoms with E-state index in [2.05, 4.69) is 0 Å². The van der Waals surface area contributed by atoms with Crippen LogP contribution in [0.5, 0.6) is 0 Å². The lowest BCUT2D eigenvalue weighted by Gasteiger charge is -2.38. The van der Waals surface area contributed by atoms with Crippen LogP contribution < -0.4 is 0 Å². The molecule has 0 aromatic carbocycles. The van der Waals surface area contributed by atoms with Crippen LogP contribution in [-0.2, 0) is 4.79 Å². The highest BCUT2D eigenvalue weighted by molar-refractivity contribution is 5.85. The fourth-order valence-corrected chi connectivity index (χ4v) is 1.90. The molecule has 0 aromatic rings. The second kappa shape index (κ2) is 7.24. The van der Waals surface area contributed by atoms with Crippen LogP contribution in [0.1, 0.15) is 47.5 Å². The first-order valence-corrected chi connectivity index (χ1v) is 6.62. The Kier molecular flexibility index (Phi) is 6.73. The van der Waals surface area contributed by atoms with Gasteiger partial charge in [0, 0.05) is 19.6 Å². The molecule has 0 aliphatic rings. The Labute approximate surface area is 110 Å². The third-order valence-corrected chi connectivity index (χ3v) is 3.00. The van der Waals surface area contributed by atoms with Gasteiger partial charge in [-0.25, -0.2) is 9.59 Å². The zero-order valence-corrected chi connectivity index (χ0v) is 12.2. The first-order chi connectivity index (χ1) is 8.32. The van der Waals surface area contributed by atoms with Gasteiger partial charge in [-0.2, -0.15) is 0 Å². The van der Waals surface area contributed by atoms with E-state index >= 15 is 0 Å². The van der Waals surface area contributed by atoms with Gasteiger partial charge in [-0.15, -0.1) is 0 Å². The third-order valence-electron chi connectivity index (χ3n) is 3.00. The smallest absolute Gasteiger partial charge is 0.329 e. The summed E-state index contributed by atoms with van der Waals surface area (Å²) in [6.45, 7) is 10.7. The summed E-state index contributed by atoms with van der Waals surface area (Å²) in [6.07, 6.45) is 1.74. The Balaban J connectivity index is 5.03. The molecule has 0 aromatic heterocycles. The fraction of sp³-hybridized carbons (Fsp3) is 0.846. The molecule has 0 saturated heterocycles. The standard InChI is InChI=1S/C13H26N2O3/c1-6-9-14(10-7-2)12(18)15(8-3)13(4,5)11(16)17/h6-10H2,1-5H3,(H,16,17). The molecule has 5 heteroatoms. The van der Waals surface area contributed by atoms with Gasteiger partial charge < -0.3 is 14.9 Å². The quantitative estimate of drug-likeness (QED) is 0.763. The number of aliphatic carboxylic acids is 1. The normalized spacial score (nSPS) is 11.2. The SMILES string of the molecule is CCCN(CCC)C(=O)N(CC)C(C)(C)C(=O)O. The molecular formula is C13H26N2O3. The van der Waals surface area contributed by atoms with Gasteiger partial charge in [0.05, 0.1) is 0 Å². The van der Waals surface area contributed by atoms with Crippen LogP contribution in [0.4, 0.5) is 4.79 Å². The van der Waals surface area contributed by atoms with E-state index in [1.165, 1.54) is 4.90 Å². The molecule has 0 fully saturated rings. The molecule has 2 amide bonds. The van der Waals surface area contributed by atoms with E-state index in [1.807, 2.05) is 13.8 Å². The largest absolute Gasteiger partial charge is 0.480 e. The molecule has 106 valence electrons. The number of likely N-dealkylation sites (N-methyl/N-ethyl adjacent to an activating group) is 1. The topological polar surface area (TPSA) is 60.9 Å². The number of hydrogen-bond donors (Lipinski definition) is 1. The highest BCUT2D eigenvalue weighted by atomic mass is 16.4. The average molecular weight is 258 g/mol. The van der Waals surface area contributed by atoms with E-state index in [0.29, 0.717) is 19.6 Å². The molecule has 0 heterocycles. The third kappa shape index (κ3) is 3.89. The number of carbonyl (C=O) groups excluding carboxylic acids is 1. The molecule has 0 aliphatic heterocycles. The number of nitrogens with zero attached hydrogens (tertiary/aromatic N) is 2. The molecule has 0 spiro atoms. The van der Waals surface area contributed by atoms with Crippen molar-refractivity contribution in [2.45, 2.75) is 53.0 Å².